The molecule has 9 nitrogen and oxygen atoms in total. The molecule has 0 saturated heterocycles. The van der Waals surface area contributed by atoms with Crippen LogP contribution in [0.5, 0.6) is 0 Å². The zero-order valence-corrected chi connectivity index (χ0v) is 10.9. The van der Waals surface area contributed by atoms with E-state index >= 15 is 0 Å². The van der Waals surface area contributed by atoms with Gasteiger partial charge in [-0.25, -0.2) is 13.2 Å². The second-order valence-corrected chi connectivity index (χ2v) is 5.71. The van der Waals surface area contributed by atoms with E-state index in [0.717, 1.165) is 25.1 Å². The molecule has 0 heterocycles. The molecule has 1 unspecified atom stereocenters. The smallest absolute Gasteiger partial charge is 0.337 e. The number of nitro benzene ring substituents is 1. The first-order chi connectivity index (χ1) is 9.19. The van der Waals surface area contributed by atoms with Gasteiger partial charge in [0.15, 0.2) is 5.25 Å². The van der Waals surface area contributed by atoms with Gasteiger partial charge in [-0.15, -0.1) is 0 Å². The molecule has 20 heavy (non-hydrogen) atoms. The van der Waals surface area contributed by atoms with Gasteiger partial charge in [0, 0.05) is 12.1 Å². The van der Waals surface area contributed by atoms with Gasteiger partial charge in [-0.1, -0.05) is 0 Å². The molecule has 0 radical (unpaired) electrons. The first-order valence-electron chi connectivity index (χ1n) is 5.12. The standard InChI is InChI=1S/C10H9N3O6S/c1-6(5-11)20(18,19)12-9-4-7(13(16)17)2-3-8(9)10(14)15/h2-4,6,12H,1H3,(H,14,15). The van der Waals surface area contributed by atoms with E-state index in [1.807, 2.05) is 4.72 Å². The number of sulfonamides is 1. The number of carbonyl (C=O) groups is 1. The molecule has 1 rings (SSSR count). The number of benzene rings is 1. The van der Waals surface area contributed by atoms with Crippen molar-refractivity contribution >= 4 is 27.4 Å². The molecule has 0 aliphatic heterocycles. The van der Waals surface area contributed by atoms with E-state index in [2.05, 4.69) is 0 Å². The molecule has 1 aromatic carbocycles. The van der Waals surface area contributed by atoms with Crippen LogP contribution >= 0.6 is 0 Å². The maximum atomic E-state index is 11.7. The number of aromatic carboxylic acids is 1. The molecule has 1 aromatic rings. The fraction of sp³-hybridized carbons (Fsp3) is 0.200. The van der Waals surface area contributed by atoms with Gasteiger partial charge in [-0.05, 0) is 13.0 Å². The molecule has 106 valence electrons. The Labute approximate surface area is 113 Å². The van der Waals surface area contributed by atoms with Crippen LogP contribution in [0.2, 0.25) is 0 Å². The number of carboxylic acids is 1. The van der Waals surface area contributed by atoms with Crippen LogP contribution in [0.25, 0.3) is 0 Å². The zero-order valence-electron chi connectivity index (χ0n) is 10.1. The Morgan fingerprint density at radius 1 is 1.55 bits per heavy atom. The van der Waals surface area contributed by atoms with Crippen LogP contribution in [-0.2, 0) is 10.0 Å². The Bertz CT molecular complexity index is 706. The molecule has 0 saturated carbocycles. The van der Waals surface area contributed by atoms with Gasteiger partial charge >= 0.3 is 5.97 Å². The number of non-ortho nitro benzene ring substituents is 1. The number of rotatable bonds is 5. The Kier molecular flexibility index (Phi) is 4.26. The van der Waals surface area contributed by atoms with Crippen LogP contribution in [0, 0.1) is 21.4 Å². The summed E-state index contributed by atoms with van der Waals surface area (Å²) in [4.78, 5) is 20.8. The summed E-state index contributed by atoms with van der Waals surface area (Å²) in [6, 6.07) is 4.11. The predicted octanol–water partition coefficient (Wildman–Crippen LogP) is 0.947. The van der Waals surface area contributed by atoms with E-state index in [9.17, 15) is 23.3 Å². The van der Waals surface area contributed by atoms with Gasteiger partial charge in [0.2, 0.25) is 10.0 Å². The molecule has 2 N–H and O–H groups in total. The molecule has 0 bridgehead atoms. The summed E-state index contributed by atoms with van der Waals surface area (Å²) in [5, 5.41) is 26.7. The normalized spacial score (nSPS) is 12.2. The number of hydrogen-bond donors (Lipinski definition) is 2. The highest BCUT2D eigenvalue weighted by Gasteiger charge is 2.24. The molecular formula is C10H9N3O6S. The highest BCUT2D eigenvalue weighted by Crippen LogP contribution is 2.24. The number of nitrogens with zero attached hydrogens (tertiary/aromatic N) is 2. The Morgan fingerprint density at radius 2 is 2.15 bits per heavy atom. The van der Waals surface area contributed by atoms with Crippen molar-refractivity contribution in [1.29, 1.82) is 5.26 Å². The van der Waals surface area contributed by atoms with Crippen molar-refractivity contribution < 1.29 is 23.2 Å². The molecule has 10 heteroatoms. The maximum Gasteiger partial charge on any atom is 0.337 e. The summed E-state index contributed by atoms with van der Waals surface area (Å²) < 4.78 is 25.3. The summed E-state index contributed by atoms with van der Waals surface area (Å²) >= 11 is 0. The van der Waals surface area contributed by atoms with E-state index in [-0.39, 0.29) is 0 Å². The lowest BCUT2D eigenvalue weighted by atomic mass is 10.1. The van der Waals surface area contributed by atoms with Gasteiger partial charge in [0.25, 0.3) is 5.69 Å². The average Bonchev–Trinajstić information content (AvgIpc) is 2.36. The third kappa shape index (κ3) is 3.21. The third-order valence-electron chi connectivity index (χ3n) is 2.34. The van der Waals surface area contributed by atoms with E-state index in [1.165, 1.54) is 6.07 Å². The van der Waals surface area contributed by atoms with Gasteiger partial charge in [0.05, 0.1) is 22.2 Å². The van der Waals surface area contributed by atoms with Crippen LogP contribution in [0.3, 0.4) is 0 Å². The minimum atomic E-state index is -4.16. The van der Waals surface area contributed by atoms with Gasteiger partial charge < -0.3 is 5.11 Å². The number of nitriles is 1. The number of carboxylic acid groups (broad SMARTS) is 1. The Hall–Kier alpha value is -2.67. The summed E-state index contributed by atoms with van der Waals surface area (Å²) in [6.07, 6.45) is 0. The average molecular weight is 299 g/mol. The van der Waals surface area contributed by atoms with E-state index in [0.29, 0.717) is 0 Å². The van der Waals surface area contributed by atoms with Crippen LogP contribution in [0.1, 0.15) is 17.3 Å². The SMILES string of the molecule is CC(C#N)S(=O)(=O)Nc1cc([N+](=O)[O-])ccc1C(=O)O. The fourth-order valence-corrected chi connectivity index (χ4v) is 2.02. The predicted molar refractivity (Wildman–Crippen MR) is 67.7 cm³/mol. The van der Waals surface area contributed by atoms with Gasteiger partial charge in [0.1, 0.15) is 0 Å². The molecule has 0 spiro atoms. The lowest BCUT2D eigenvalue weighted by Crippen LogP contribution is -2.25. The highest BCUT2D eigenvalue weighted by molar-refractivity contribution is 7.93. The minimum Gasteiger partial charge on any atom is -0.478 e. The Balaban J connectivity index is 3.35. The second kappa shape index (κ2) is 5.54. The van der Waals surface area contributed by atoms with E-state index in [4.69, 9.17) is 10.4 Å². The minimum absolute atomic E-state index is 0.454. The zero-order chi connectivity index (χ0) is 15.5. The summed E-state index contributed by atoms with van der Waals surface area (Å²) in [7, 11) is -4.16. The molecule has 1 atom stereocenters. The number of nitrogens with one attached hydrogen (secondary N) is 1. The van der Waals surface area contributed by atoms with Gasteiger partial charge in [-0.3, -0.25) is 14.8 Å². The molecule has 0 fully saturated rings. The molecule has 0 amide bonds. The summed E-state index contributed by atoms with van der Waals surface area (Å²) in [5.41, 5.74) is -1.39. The van der Waals surface area contributed by atoms with Crippen molar-refractivity contribution in [3.63, 3.8) is 0 Å². The van der Waals surface area contributed by atoms with Crippen molar-refractivity contribution in [3.05, 3.63) is 33.9 Å². The first kappa shape index (κ1) is 15.4. The van der Waals surface area contributed by atoms with Crippen molar-refractivity contribution in [3.8, 4) is 6.07 Å². The third-order valence-corrected chi connectivity index (χ3v) is 3.88. The Morgan fingerprint density at radius 3 is 2.60 bits per heavy atom. The molecular weight excluding hydrogens is 290 g/mol. The van der Waals surface area contributed by atoms with Crippen molar-refractivity contribution in [1.82, 2.24) is 0 Å². The number of hydrogen-bond acceptors (Lipinski definition) is 6. The van der Waals surface area contributed by atoms with Crippen LogP contribution in [0.15, 0.2) is 18.2 Å². The van der Waals surface area contributed by atoms with Crippen LogP contribution in [-0.4, -0.2) is 29.7 Å². The fourth-order valence-electron chi connectivity index (χ4n) is 1.23. The molecule has 0 aromatic heterocycles. The first-order valence-corrected chi connectivity index (χ1v) is 6.66. The van der Waals surface area contributed by atoms with Crippen LogP contribution < -0.4 is 4.72 Å². The topological polar surface area (TPSA) is 150 Å². The van der Waals surface area contributed by atoms with Crippen molar-refractivity contribution in [2.75, 3.05) is 4.72 Å². The monoisotopic (exact) mass is 299 g/mol. The summed E-state index contributed by atoms with van der Waals surface area (Å²) in [5.74, 6) is -1.46. The quantitative estimate of drug-likeness (QED) is 0.606. The highest BCUT2D eigenvalue weighted by atomic mass is 32.2. The second-order valence-electron chi connectivity index (χ2n) is 3.71. The van der Waals surface area contributed by atoms with Crippen molar-refractivity contribution in [2.45, 2.75) is 12.2 Å². The lowest BCUT2D eigenvalue weighted by Gasteiger charge is -2.11. The van der Waals surface area contributed by atoms with E-state index < -0.39 is 43.1 Å². The van der Waals surface area contributed by atoms with Crippen molar-refractivity contribution in [2.24, 2.45) is 0 Å². The lowest BCUT2D eigenvalue weighted by molar-refractivity contribution is -0.384. The molecule has 0 aliphatic carbocycles. The number of anilines is 1. The number of nitro groups is 1. The van der Waals surface area contributed by atoms with Crippen LogP contribution in [0.4, 0.5) is 11.4 Å². The molecule has 0 aliphatic rings. The van der Waals surface area contributed by atoms with E-state index in [1.54, 1.807) is 0 Å². The van der Waals surface area contributed by atoms with Gasteiger partial charge in [-0.2, -0.15) is 5.26 Å². The largest absolute Gasteiger partial charge is 0.478 e. The summed E-state index contributed by atoms with van der Waals surface area (Å²) in [6.45, 7) is 1.10. The maximum absolute atomic E-state index is 11.7.